The maximum absolute atomic E-state index is 12.8. The van der Waals surface area contributed by atoms with Gasteiger partial charge in [0.2, 0.25) is 0 Å². The molecule has 0 fully saturated rings. The number of thiocarbonyl (C=S) groups is 1. The van der Waals surface area contributed by atoms with E-state index >= 15 is 0 Å². The number of carbonyl (C=O) groups is 2. The summed E-state index contributed by atoms with van der Waals surface area (Å²) >= 11 is 6.73. The van der Waals surface area contributed by atoms with E-state index in [0.717, 1.165) is 12.0 Å². The third-order valence-corrected chi connectivity index (χ3v) is 5.08. The second kappa shape index (κ2) is 8.65. The Bertz CT molecular complexity index is 976. The summed E-state index contributed by atoms with van der Waals surface area (Å²) in [6, 6.07) is 11.8. The largest absolute Gasteiger partial charge is 0.479 e. The number of nitriles is 1. The van der Waals surface area contributed by atoms with E-state index < -0.39 is 17.8 Å². The van der Waals surface area contributed by atoms with Crippen LogP contribution >= 0.6 is 23.6 Å². The molecule has 142 valence electrons. The molecule has 1 aliphatic rings. The maximum atomic E-state index is 12.8. The number of hydrogen-bond acceptors (Lipinski definition) is 7. The topological polar surface area (TPSA) is 100 Å². The van der Waals surface area contributed by atoms with Crippen LogP contribution in [0.3, 0.4) is 0 Å². The van der Waals surface area contributed by atoms with Crippen LogP contribution in [0.4, 0.5) is 0 Å². The third-order valence-electron chi connectivity index (χ3n) is 3.97. The number of thiophene rings is 1. The molecule has 3 rings (SSSR count). The average molecular weight is 413 g/mol. The number of rotatable bonds is 6. The van der Waals surface area contributed by atoms with Crippen LogP contribution in [0.1, 0.15) is 16.5 Å². The van der Waals surface area contributed by atoms with Crippen LogP contribution in [0.15, 0.2) is 47.4 Å². The summed E-state index contributed by atoms with van der Waals surface area (Å²) in [4.78, 5) is 25.6. The molecule has 1 aromatic carbocycles. The summed E-state index contributed by atoms with van der Waals surface area (Å²) in [5.41, 5.74) is 1.40. The normalized spacial score (nSPS) is 15.9. The predicted molar refractivity (Wildman–Crippen MR) is 107 cm³/mol. The van der Waals surface area contributed by atoms with Gasteiger partial charge in [0.15, 0.2) is 11.7 Å². The van der Waals surface area contributed by atoms with Crippen LogP contribution in [0, 0.1) is 11.3 Å². The summed E-state index contributed by atoms with van der Waals surface area (Å²) in [7, 11) is 1.16. The average Bonchev–Trinajstić information content (AvgIpc) is 3.25. The van der Waals surface area contributed by atoms with E-state index in [9.17, 15) is 9.59 Å². The number of methoxy groups -OCH3 is 1. The van der Waals surface area contributed by atoms with E-state index in [4.69, 9.17) is 22.2 Å². The predicted octanol–water partition coefficient (Wildman–Crippen LogP) is 2.32. The van der Waals surface area contributed by atoms with E-state index in [2.05, 4.69) is 15.4 Å². The van der Waals surface area contributed by atoms with Crippen molar-refractivity contribution < 1.29 is 19.1 Å². The van der Waals surface area contributed by atoms with E-state index in [0.29, 0.717) is 22.1 Å². The second-order valence-corrected chi connectivity index (χ2v) is 6.99. The van der Waals surface area contributed by atoms with Crippen molar-refractivity contribution in [3.8, 4) is 11.8 Å². The van der Waals surface area contributed by atoms with Crippen molar-refractivity contribution in [1.82, 2.24) is 10.6 Å². The van der Waals surface area contributed by atoms with Crippen molar-refractivity contribution in [2.75, 3.05) is 13.7 Å². The quantitative estimate of drug-likeness (QED) is 0.423. The van der Waals surface area contributed by atoms with Gasteiger partial charge >= 0.3 is 5.97 Å². The molecule has 0 unspecified atom stereocenters. The lowest BCUT2D eigenvalue weighted by molar-refractivity contribution is -0.150. The Kier molecular flexibility index (Phi) is 6.03. The van der Waals surface area contributed by atoms with E-state index in [1.165, 1.54) is 11.3 Å². The van der Waals surface area contributed by atoms with Crippen molar-refractivity contribution in [2.45, 2.75) is 6.04 Å². The first kappa shape index (κ1) is 19.5. The van der Waals surface area contributed by atoms with Crippen molar-refractivity contribution in [3.05, 3.63) is 57.8 Å². The molecule has 0 bridgehead atoms. The molecule has 2 N–H and O–H groups in total. The van der Waals surface area contributed by atoms with Gasteiger partial charge in [0.05, 0.1) is 29.3 Å². The third kappa shape index (κ3) is 4.03. The molecule has 2 heterocycles. The summed E-state index contributed by atoms with van der Waals surface area (Å²) in [6.07, 6.45) is 0. The van der Waals surface area contributed by atoms with Crippen molar-refractivity contribution in [1.29, 1.82) is 5.26 Å². The molecule has 28 heavy (non-hydrogen) atoms. The molecule has 9 heteroatoms. The van der Waals surface area contributed by atoms with Gasteiger partial charge in [-0.1, -0.05) is 18.2 Å². The van der Waals surface area contributed by atoms with Gasteiger partial charge in [-0.25, -0.2) is 4.79 Å². The highest BCUT2D eigenvalue weighted by Crippen LogP contribution is 2.34. The molecule has 0 spiro atoms. The lowest BCUT2D eigenvalue weighted by Crippen LogP contribution is -2.45. The van der Waals surface area contributed by atoms with Crippen LogP contribution in [0.2, 0.25) is 0 Å². The summed E-state index contributed by atoms with van der Waals surface area (Å²) in [6.45, 7) is -0.0659. The Morgan fingerprint density at radius 2 is 2.04 bits per heavy atom. The Morgan fingerprint density at radius 3 is 2.64 bits per heavy atom. The monoisotopic (exact) mass is 413 g/mol. The summed E-state index contributed by atoms with van der Waals surface area (Å²) in [5, 5.41) is 16.8. The number of carbonyl (C=O) groups excluding carboxylic acids is 2. The maximum Gasteiger partial charge on any atom is 0.379 e. The minimum atomic E-state index is -0.959. The van der Waals surface area contributed by atoms with E-state index in [1.807, 2.05) is 23.6 Å². The number of ketones is 1. The highest BCUT2D eigenvalue weighted by Gasteiger charge is 2.35. The summed E-state index contributed by atoms with van der Waals surface area (Å²) in [5.74, 6) is -1.20. The fourth-order valence-corrected chi connectivity index (χ4v) is 3.71. The highest BCUT2D eigenvalue weighted by atomic mass is 32.1. The van der Waals surface area contributed by atoms with Crippen LogP contribution < -0.4 is 15.4 Å². The standard InChI is InChI=1S/C19H15N3O4S2/c1-25-18(24)17(23)14-15(11-4-6-12(7-5-11)26-9-8-20)21-19(27)22-16(14)13-3-2-10-28-13/h2-7,10,15H,9H2,1H3,(H2,21,22,27)/t15-/m1/s1. The van der Waals surface area contributed by atoms with Gasteiger partial charge in [0, 0.05) is 0 Å². The zero-order valence-electron chi connectivity index (χ0n) is 14.7. The summed E-state index contributed by atoms with van der Waals surface area (Å²) < 4.78 is 9.90. The minimum absolute atomic E-state index is 0.0659. The number of ether oxygens (including phenoxy) is 2. The molecule has 0 aliphatic carbocycles. The van der Waals surface area contributed by atoms with Crippen LogP contribution in [0.5, 0.6) is 5.75 Å². The van der Waals surface area contributed by atoms with Gasteiger partial charge in [-0.15, -0.1) is 11.3 Å². The van der Waals surface area contributed by atoms with Crippen molar-refractivity contribution in [3.63, 3.8) is 0 Å². The zero-order valence-corrected chi connectivity index (χ0v) is 16.4. The highest BCUT2D eigenvalue weighted by molar-refractivity contribution is 7.80. The lowest BCUT2D eigenvalue weighted by atomic mass is 9.91. The van der Waals surface area contributed by atoms with Gasteiger partial charge in [-0.3, -0.25) is 4.79 Å². The molecule has 0 radical (unpaired) electrons. The first-order valence-corrected chi connectivity index (χ1v) is 9.42. The Morgan fingerprint density at radius 1 is 1.29 bits per heavy atom. The number of esters is 1. The first-order valence-electron chi connectivity index (χ1n) is 8.13. The Hall–Kier alpha value is -3.22. The van der Waals surface area contributed by atoms with Gasteiger partial charge in [0.25, 0.3) is 5.78 Å². The molecule has 7 nitrogen and oxygen atoms in total. The number of nitrogens with one attached hydrogen (secondary N) is 2. The molecule has 1 atom stereocenters. The van der Waals surface area contributed by atoms with E-state index in [-0.39, 0.29) is 12.2 Å². The SMILES string of the molecule is COC(=O)C(=O)C1=C(c2cccs2)NC(=S)N[C@@H]1c1ccc(OCC#N)cc1. The Labute approximate surface area is 170 Å². The molecule has 1 aliphatic heterocycles. The molecule has 0 saturated carbocycles. The van der Waals surface area contributed by atoms with Crippen molar-refractivity contribution in [2.24, 2.45) is 0 Å². The first-order chi connectivity index (χ1) is 13.5. The Balaban J connectivity index is 2.08. The van der Waals surface area contributed by atoms with Gasteiger partial charge in [0.1, 0.15) is 11.8 Å². The molecular weight excluding hydrogens is 398 g/mol. The zero-order chi connectivity index (χ0) is 20.1. The number of nitrogens with zero attached hydrogens (tertiary/aromatic N) is 1. The van der Waals surface area contributed by atoms with Crippen molar-refractivity contribution >= 4 is 46.1 Å². The van der Waals surface area contributed by atoms with Crippen LogP contribution in [-0.2, 0) is 14.3 Å². The number of benzene rings is 1. The molecule has 0 amide bonds. The number of hydrogen-bond donors (Lipinski definition) is 2. The fraction of sp³-hybridized carbons (Fsp3) is 0.158. The van der Waals surface area contributed by atoms with Crippen LogP contribution in [-0.4, -0.2) is 30.6 Å². The smallest absolute Gasteiger partial charge is 0.379 e. The number of Topliss-reactive ketones (excluding diaryl/α,β-unsaturated/α-hetero) is 1. The minimum Gasteiger partial charge on any atom is -0.479 e. The second-order valence-electron chi connectivity index (χ2n) is 5.63. The lowest BCUT2D eigenvalue weighted by Gasteiger charge is -2.30. The van der Waals surface area contributed by atoms with Gasteiger partial charge in [-0.2, -0.15) is 5.26 Å². The van der Waals surface area contributed by atoms with Gasteiger partial charge in [-0.05, 0) is 41.4 Å². The van der Waals surface area contributed by atoms with E-state index in [1.54, 1.807) is 24.3 Å². The van der Waals surface area contributed by atoms with Crippen LogP contribution in [0.25, 0.3) is 5.70 Å². The molecule has 0 saturated heterocycles. The molecular formula is C19H15N3O4S2. The molecule has 2 aromatic rings. The van der Waals surface area contributed by atoms with Gasteiger partial charge < -0.3 is 20.1 Å². The molecule has 1 aromatic heterocycles. The fourth-order valence-electron chi connectivity index (χ4n) is 2.75.